The zero-order valence-electron chi connectivity index (χ0n) is 8.23. The summed E-state index contributed by atoms with van der Waals surface area (Å²) in [6.45, 7) is 0.489. The molecule has 0 fully saturated rings. The normalized spacial score (nSPS) is 10.1. The van der Waals surface area contributed by atoms with Gasteiger partial charge in [-0.15, -0.1) is 23.1 Å². The lowest BCUT2D eigenvalue weighted by atomic mass is 10.4. The molecular weight excluding hydrogens is 314 g/mol. The number of halogens is 1. The lowest BCUT2D eigenvalue weighted by Crippen LogP contribution is -2.24. The molecule has 7 heteroatoms. The van der Waals surface area contributed by atoms with Gasteiger partial charge in [-0.1, -0.05) is 0 Å². The first-order valence-electron chi connectivity index (χ1n) is 4.38. The van der Waals surface area contributed by atoms with E-state index in [4.69, 9.17) is 5.11 Å². The van der Waals surface area contributed by atoms with Crippen molar-refractivity contribution in [1.82, 2.24) is 5.32 Å². The number of hydrogen-bond acceptors (Lipinski definition) is 4. The molecule has 0 spiro atoms. The van der Waals surface area contributed by atoms with Crippen molar-refractivity contribution in [3.05, 3.63) is 20.8 Å². The van der Waals surface area contributed by atoms with Crippen LogP contribution in [0.1, 0.15) is 4.88 Å². The summed E-state index contributed by atoms with van der Waals surface area (Å²) in [6, 6.07) is 3.85. The summed E-state index contributed by atoms with van der Waals surface area (Å²) in [5.41, 5.74) is 0. The van der Waals surface area contributed by atoms with Crippen LogP contribution in [0.4, 0.5) is 0 Å². The first-order valence-corrected chi connectivity index (χ1v) is 7.15. The molecule has 0 aliphatic heterocycles. The molecule has 1 aromatic heterocycles. The van der Waals surface area contributed by atoms with Crippen molar-refractivity contribution in [2.45, 2.75) is 6.54 Å². The number of aliphatic carboxylic acids is 1. The average Bonchev–Trinajstić information content (AvgIpc) is 2.61. The van der Waals surface area contributed by atoms with E-state index < -0.39 is 5.97 Å². The quantitative estimate of drug-likeness (QED) is 0.839. The van der Waals surface area contributed by atoms with Crippen LogP contribution in [-0.2, 0) is 16.1 Å². The molecule has 0 unspecified atom stereocenters. The Morgan fingerprint density at radius 3 is 2.75 bits per heavy atom. The van der Waals surface area contributed by atoms with E-state index in [9.17, 15) is 9.59 Å². The van der Waals surface area contributed by atoms with Crippen molar-refractivity contribution in [2.75, 3.05) is 11.5 Å². The fraction of sp³-hybridized carbons (Fsp3) is 0.333. The number of carboxylic acid groups (broad SMARTS) is 1. The Labute approximate surface area is 110 Å². The fourth-order valence-electron chi connectivity index (χ4n) is 0.915. The van der Waals surface area contributed by atoms with Crippen LogP contribution in [0.5, 0.6) is 0 Å². The van der Waals surface area contributed by atoms with Crippen LogP contribution in [0, 0.1) is 0 Å². The predicted molar refractivity (Wildman–Crippen MR) is 68.8 cm³/mol. The van der Waals surface area contributed by atoms with Gasteiger partial charge >= 0.3 is 5.97 Å². The number of rotatable bonds is 6. The summed E-state index contributed by atoms with van der Waals surface area (Å²) < 4.78 is 1.03. The Morgan fingerprint density at radius 1 is 1.44 bits per heavy atom. The predicted octanol–water partition coefficient (Wildman–Crippen LogP) is 1.94. The van der Waals surface area contributed by atoms with Gasteiger partial charge in [0, 0.05) is 4.88 Å². The minimum atomic E-state index is -0.903. The maximum atomic E-state index is 11.3. The second kappa shape index (κ2) is 6.93. The van der Waals surface area contributed by atoms with Crippen molar-refractivity contribution in [3.8, 4) is 0 Å². The van der Waals surface area contributed by atoms with E-state index in [2.05, 4.69) is 21.2 Å². The third kappa shape index (κ3) is 5.53. The highest BCUT2D eigenvalue weighted by molar-refractivity contribution is 9.11. The number of thioether (sulfide) groups is 1. The van der Waals surface area contributed by atoms with E-state index in [1.165, 1.54) is 0 Å². The van der Waals surface area contributed by atoms with E-state index in [0.29, 0.717) is 6.54 Å². The molecule has 0 aliphatic carbocycles. The van der Waals surface area contributed by atoms with E-state index in [1.807, 2.05) is 12.1 Å². The summed E-state index contributed by atoms with van der Waals surface area (Å²) in [4.78, 5) is 22.5. The molecule has 0 atom stereocenters. The first-order chi connectivity index (χ1) is 7.58. The van der Waals surface area contributed by atoms with Crippen LogP contribution < -0.4 is 5.32 Å². The van der Waals surface area contributed by atoms with E-state index >= 15 is 0 Å². The molecule has 1 aromatic rings. The number of nitrogens with one attached hydrogen (secondary N) is 1. The van der Waals surface area contributed by atoms with Gasteiger partial charge < -0.3 is 10.4 Å². The smallest absolute Gasteiger partial charge is 0.313 e. The molecule has 1 amide bonds. The highest BCUT2D eigenvalue weighted by Crippen LogP contribution is 2.21. The second-order valence-electron chi connectivity index (χ2n) is 2.87. The minimum Gasteiger partial charge on any atom is -0.481 e. The Balaban J connectivity index is 2.17. The molecule has 0 bridgehead atoms. The lowest BCUT2D eigenvalue weighted by molar-refractivity contribution is -0.133. The van der Waals surface area contributed by atoms with Crippen molar-refractivity contribution in [1.29, 1.82) is 0 Å². The SMILES string of the molecule is O=C(O)CSCC(=O)NCc1ccc(Br)s1. The summed E-state index contributed by atoms with van der Waals surface area (Å²) in [5.74, 6) is -0.910. The highest BCUT2D eigenvalue weighted by atomic mass is 79.9. The molecule has 2 N–H and O–H groups in total. The zero-order valence-corrected chi connectivity index (χ0v) is 11.5. The molecule has 16 heavy (non-hydrogen) atoms. The molecule has 4 nitrogen and oxygen atoms in total. The van der Waals surface area contributed by atoms with Gasteiger partial charge in [-0.05, 0) is 28.1 Å². The lowest BCUT2D eigenvalue weighted by Gasteiger charge is -2.02. The number of carbonyl (C=O) groups is 2. The number of hydrogen-bond donors (Lipinski definition) is 2. The van der Waals surface area contributed by atoms with E-state index in [1.54, 1.807) is 11.3 Å². The van der Waals surface area contributed by atoms with Gasteiger partial charge in [0.1, 0.15) is 0 Å². The maximum Gasteiger partial charge on any atom is 0.313 e. The fourth-order valence-corrected chi connectivity index (χ4v) is 2.90. The Morgan fingerprint density at radius 2 is 2.19 bits per heavy atom. The van der Waals surface area contributed by atoms with Crippen molar-refractivity contribution >= 4 is 50.9 Å². The molecule has 0 aliphatic rings. The van der Waals surface area contributed by atoms with Crippen LogP contribution in [0.15, 0.2) is 15.9 Å². The minimum absolute atomic E-state index is 0.0437. The summed E-state index contributed by atoms with van der Waals surface area (Å²) in [7, 11) is 0. The van der Waals surface area contributed by atoms with E-state index in [-0.39, 0.29) is 17.4 Å². The zero-order chi connectivity index (χ0) is 12.0. The molecule has 0 saturated heterocycles. The van der Waals surface area contributed by atoms with Gasteiger partial charge in [-0.3, -0.25) is 9.59 Å². The van der Waals surface area contributed by atoms with Gasteiger partial charge in [0.25, 0.3) is 0 Å². The van der Waals surface area contributed by atoms with Gasteiger partial charge in [0.15, 0.2) is 0 Å². The van der Waals surface area contributed by atoms with Crippen LogP contribution in [0.2, 0.25) is 0 Å². The first kappa shape index (κ1) is 13.5. The monoisotopic (exact) mass is 323 g/mol. The van der Waals surface area contributed by atoms with Gasteiger partial charge in [0.2, 0.25) is 5.91 Å². The number of thiophene rings is 1. The third-order valence-electron chi connectivity index (χ3n) is 1.55. The van der Waals surface area contributed by atoms with Gasteiger partial charge in [-0.25, -0.2) is 0 Å². The second-order valence-corrected chi connectivity index (χ2v) is 6.40. The topological polar surface area (TPSA) is 66.4 Å². The Hall–Kier alpha value is -0.530. The summed E-state index contributed by atoms with van der Waals surface area (Å²) in [5, 5.41) is 11.1. The van der Waals surface area contributed by atoms with Crippen molar-refractivity contribution < 1.29 is 14.7 Å². The molecule has 0 saturated carbocycles. The highest BCUT2D eigenvalue weighted by Gasteiger charge is 2.04. The number of carboxylic acids is 1. The number of amides is 1. The average molecular weight is 324 g/mol. The summed E-state index contributed by atoms with van der Waals surface area (Å²) >= 11 is 5.99. The number of carbonyl (C=O) groups excluding carboxylic acids is 1. The van der Waals surface area contributed by atoms with Gasteiger partial charge in [0.05, 0.1) is 21.8 Å². The standard InChI is InChI=1S/C9H10BrNO3S2/c10-7-2-1-6(16-7)3-11-8(12)4-15-5-9(13)14/h1-2H,3-5H2,(H,11,12)(H,13,14). The van der Waals surface area contributed by atoms with Crippen LogP contribution in [0.3, 0.4) is 0 Å². The third-order valence-corrected chi connectivity index (χ3v) is 4.09. The Kier molecular flexibility index (Phi) is 5.86. The molecule has 88 valence electrons. The molecule has 1 heterocycles. The van der Waals surface area contributed by atoms with Crippen LogP contribution in [-0.4, -0.2) is 28.5 Å². The molecule has 0 radical (unpaired) electrons. The molecule has 1 rings (SSSR count). The maximum absolute atomic E-state index is 11.3. The molecule has 0 aromatic carbocycles. The van der Waals surface area contributed by atoms with Crippen molar-refractivity contribution in [3.63, 3.8) is 0 Å². The Bertz CT molecular complexity index is 381. The molecular formula is C9H10BrNO3S2. The van der Waals surface area contributed by atoms with Crippen LogP contribution >= 0.6 is 39.0 Å². The van der Waals surface area contributed by atoms with Crippen molar-refractivity contribution in [2.24, 2.45) is 0 Å². The van der Waals surface area contributed by atoms with Crippen LogP contribution in [0.25, 0.3) is 0 Å². The largest absolute Gasteiger partial charge is 0.481 e. The summed E-state index contributed by atoms with van der Waals surface area (Å²) in [6.07, 6.45) is 0. The van der Waals surface area contributed by atoms with Gasteiger partial charge in [-0.2, -0.15) is 0 Å². The van der Waals surface area contributed by atoms with E-state index in [0.717, 1.165) is 20.4 Å².